The van der Waals surface area contributed by atoms with Gasteiger partial charge in [0.15, 0.2) is 0 Å². The zero-order valence-electron chi connectivity index (χ0n) is 14.5. The molecule has 1 saturated heterocycles. The topological polar surface area (TPSA) is 55.8 Å². The lowest BCUT2D eigenvalue weighted by molar-refractivity contribution is -0.148. The molecule has 0 aromatic heterocycles. The molecule has 24 heavy (non-hydrogen) atoms. The summed E-state index contributed by atoms with van der Waals surface area (Å²) >= 11 is 0. The van der Waals surface area contributed by atoms with E-state index in [-0.39, 0.29) is 18.5 Å². The quantitative estimate of drug-likeness (QED) is 0.787. The Hall–Kier alpha value is -2.11. The zero-order chi connectivity index (χ0) is 17.9. The molecule has 1 fully saturated rings. The Kier molecular flexibility index (Phi) is 5.47. The molecule has 1 aromatic carbocycles. The van der Waals surface area contributed by atoms with Crippen molar-refractivity contribution < 1.29 is 23.5 Å². The highest BCUT2D eigenvalue weighted by molar-refractivity contribution is 5.82. The van der Waals surface area contributed by atoms with Gasteiger partial charge in [-0.2, -0.15) is 0 Å². The van der Waals surface area contributed by atoms with Crippen LogP contribution in [-0.2, 0) is 14.3 Å². The van der Waals surface area contributed by atoms with Crippen molar-refractivity contribution in [1.82, 2.24) is 4.90 Å². The Morgan fingerprint density at radius 2 is 1.83 bits per heavy atom. The number of hydrogen-bond acceptors (Lipinski definition) is 4. The van der Waals surface area contributed by atoms with E-state index in [0.717, 1.165) is 5.56 Å². The van der Waals surface area contributed by atoms with Gasteiger partial charge in [-0.15, -0.1) is 0 Å². The fraction of sp³-hybridized carbons (Fsp3) is 0.556. The Morgan fingerprint density at radius 1 is 1.21 bits per heavy atom. The predicted octanol–water partition coefficient (Wildman–Crippen LogP) is 3.83. The fourth-order valence-electron chi connectivity index (χ4n) is 2.86. The maximum Gasteiger partial charge on any atom is 0.411 e. The summed E-state index contributed by atoms with van der Waals surface area (Å²) in [7, 11) is 0. The van der Waals surface area contributed by atoms with E-state index in [4.69, 9.17) is 9.47 Å². The minimum atomic E-state index is -0.685. The Balaban J connectivity index is 2.30. The lowest BCUT2D eigenvalue weighted by Gasteiger charge is -2.31. The van der Waals surface area contributed by atoms with Gasteiger partial charge in [0.2, 0.25) is 0 Å². The summed E-state index contributed by atoms with van der Waals surface area (Å²) in [5, 5.41) is 0. The predicted molar refractivity (Wildman–Crippen MR) is 86.9 cm³/mol. The van der Waals surface area contributed by atoms with E-state index in [1.165, 1.54) is 17.0 Å². The number of halogens is 1. The summed E-state index contributed by atoms with van der Waals surface area (Å²) in [5.74, 6) is -0.782. The summed E-state index contributed by atoms with van der Waals surface area (Å²) < 4.78 is 23.7. The minimum Gasteiger partial charge on any atom is -0.464 e. The fourth-order valence-corrected chi connectivity index (χ4v) is 2.86. The van der Waals surface area contributed by atoms with Crippen molar-refractivity contribution in [3.63, 3.8) is 0 Å². The Labute approximate surface area is 141 Å². The highest BCUT2D eigenvalue weighted by atomic mass is 19.1. The summed E-state index contributed by atoms with van der Waals surface area (Å²) in [6.45, 7) is 7.29. The highest BCUT2D eigenvalue weighted by Crippen LogP contribution is 2.37. The summed E-state index contributed by atoms with van der Waals surface area (Å²) in [4.78, 5) is 26.3. The minimum absolute atomic E-state index is 0.249. The molecule has 0 bridgehead atoms. The van der Waals surface area contributed by atoms with Gasteiger partial charge >= 0.3 is 12.1 Å². The number of likely N-dealkylation sites (tertiary alicyclic amines) is 1. The normalized spacial score (nSPS) is 20.8. The number of ether oxygens (including phenoxy) is 2. The molecular formula is C18H24FNO4. The van der Waals surface area contributed by atoms with E-state index in [2.05, 4.69) is 0 Å². The van der Waals surface area contributed by atoms with Crippen LogP contribution in [0, 0.1) is 5.82 Å². The highest BCUT2D eigenvalue weighted by Gasteiger charge is 2.44. The number of esters is 1. The third-order valence-corrected chi connectivity index (χ3v) is 3.80. The molecule has 0 spiro atoms. The van der Waals surface area contributed by atoms with Crippen LogP contribution in [0.15, 0.2) is 24.3 Å². The largest absolute Gasteiger partial charge is 0.464 e. The maximum absolute atomic E-state index is 13.2. The number of carbonyl (C=O) groups excluding carboxylic acids is 2. The van der Waals surface area contributed by atoms with Gasteiger partial charge in [0.1, 0.15) is 17.5 Å². The Morgan fingerprint density at radius 3 is 2.38 bits per heavy atom. The van der Waals surface area contributed by atoms with Gasteiger partial charge in [0, 0.05) is 0 Å². The molecule has 5 nitrogen and oxygen atoms in total. The van der Waals surface area contributed by atoms with Crippen molar-refractivity contribution in [3.05, 3.63) is 35.6 Å². The number of benzene rings is 1. The zero-order valence-corrected chi connectivity index (χ0v) is 14.5. The molecule has 0 radical (unpaired) electrons. The van der Waals surface area contributed by atoms with Gasteiger partial charge in [-0.3, -0.25) is 4.90 Å². The molecule has 2 rings (SSSR count). The lowest BCUT2D eigenvalue weighted by Crippen LogP contribution is -2.45. The first kappa shape index (κ1) is 18.2. The molecule has 132 valence electrons. The van der Waals surface area contributed by atoms with Crippen molar-refractivity contribution >= 4 is 12.1 Å². The number of rotatable bonds is 3. The Bertz CT molecular complexity index is 594. The lowest BCUT2D eigenvalue weighted by atomic mass is 10.0. The molecule has 0 N–H and O–H groups in total. The summed E-state index contributed by atoms with van der Waals surface area (Å²) in [6.07, 6.45) is 0.515. The van der Waals surface area contributed by atoms with E-state index >= 15 is 0 Å². The molecule has 1 aromatic rings. The van der Waals surface area contributed by atoms with Crippen LogP contribution in [0.4, 0.5) is 9.18 Å². The van der Waals surface area contributed by atoms with E-state index in [9.17, 15) is 14.0 Å². The first-order valence-corrected chi connectivity index (χ1v) is 8.16. The van der Waals surface area contributed by atoms with Gasteiger partial charge in [-0.05, 0) is 58.2 Å². The number of nitrogens with zero attached hydrogens (tertiary/aromatic N) is 1. The van der Waals surface area contributed by atoms with Crippen molar-refractivity contribution in [1.29, 1.82) is 0 Å². The number of carbonyl (C=O) groups is 2. The average molecular weight is 337 g/mol. The first-order valence-electron chi connectivity index (χ1n) is 8.16. The summed E-state index contributed by atoms with van der Waals surface area (Å²) in [5.41, 5.74) is 0.0979. The second-order valence-electron chi connectivity index (χ2n) is 6.80. The van der Waals surface area contributed by atoms with Crippen LogP contribution in [-0.4, -0.2) is 35.2 Å². The molecule has 1 aliphatic heterocycles. The van der Waals surface area contributed by atoms with Crippen LogP contribution in [0.5, 0.6) is 0 Å². The van der Waals surface area contributed by atoms with Gasteiger partial charge in [0.05, 0.1) is 12.6 Å². The second-order valence-corrected chi connectivity index (χ2v) is 6.80. The molecule has 1 aliphatic rings. The molecule has 0 saturated carbocycles. The van der Waals surface area contributed by atoms with E-state index < -0.39 is 23.7 Å². The smallest absolute Gasteiger partial charge is 0.411 e. The molecule has 1 heterocycles. The number of hydrogen-bond donors (Lipinski definition) is 0. The van der Waals surface area contributed by atoms with E-state index in [1.54, 1.807) is 39.8 Å². The van der Waals surface area contributed by atoms with Gasteiger partial charge in [-0.25, -0.2) is 14.0 Å². The van der Waals surface area contributed by atoms with Crippen LogP contribution < -0.4 is 0 Å². The van der Waals surface area contributed by atoms with Gasteiger partial charge < -0.3 is 9.47 Å². The van der Waals surface area contributed by atoms with E-state index in [0.29, 0.717) is 12.8 Å². The monoisotopic (exact) mass is 337 g/mol. The van der Waals surface area contributed by atoms with Crippen molar-refractivity contribution in [2.24, 2.45) is 0 Å². The molecule has 1 amide bonds. The average Bonchev–Trinajstić information content (AvgIpc) is 2.91. The molecular weight excluding hydrogens is 313 g/mol. The third kappa shape index (κ3) is 4.24. The van der Waals surface area contributed by atoms with Crippen LogP contribution in [0.25, 0.3) is 0 Å². The van der Waals surface area contributed by atoms with Gasteiger partial charge in [0.25, 0.3) is 0 Å². The van der Waals surface area contributed by atoms with Gasteiger partial charge in [-0.1, -0.05) is 12.1 Å². The first-order chi connectivity index (χ1) is 11.2. The van der Waals surface area contributed by atoms with Crippen LogP contribution in [0.3, 0.4) is 0 Å². The van der Waals surface area contributed by atoms with Crippen molar-refractivity contribution in [2.45, 2.75) is 58.2 Å². The van der Waals surface area contributed by atoms with Crippen LogP contribution in [0.2, 0.25) is 0 Å². The third-order valence-electron chi connectivity index (χ3n) is 3.80. The maximum atomic E-state index is 13.2. The number of amides is 1. The van der Waals surface area contributed by atoms with Crippen molar-refractivity contribution in [3.8, 4) is 0 Å². The van der Waals surface area contributed by atoms with Crippen LogP contribution in [0.1, 0.15) is 52.1 Å². The van der Waals surface area contributed by atoms with Crippen LogP contribution >= 0.6 is 0 Å². The van der Waals surface area contributed by atoms with Crippen molar-refractivity contribution in [2.75, 3.05) is 6.61 Å². The molecule has 2 unspecified atom stereocenters. The molecule has 6 heteroatoms. The SMILES string of the molecule is CCOC(=O)C1CCC(c2ccc(F)cc2)N1C(=O)OC(C)(C)C. The summed E-state index contributed by atoms with van der Waals surface area (Å²) in [6, 6.07) is 4.93. The molecule has 0 aliphatic carbocycles. The second kappa shape index (κ2) is 7.20. The van der Waals surface area contributed by atoms with E-state index in [1.807, 2.05) is 0 Å². The standard InChI is InChI=1S/C18H24FNO4/c1-5-23-16(21)15-11-10-14(12-6-8-13(19)9-7-12)20(15)17(22)24-18(2,3)4/h6-9,14-15H,5,10-11H2,1-4H3. The molecule has 2 atom stereocenters.